The molecule has 1 aromatic heterocycles. The van der Waals surface area contributed by atoms with Crippen molar-refractivity contribution in [3.05, 3.63) is 44.6 Å². The normalized spacial score (nSPS) is 11.3. The maximum absolute atomic E-state index is 11.2. The van der Waals surface area contributed by atoms with Gasteiger partial charge in [0.25, 0.3) is 0 Å². The lowest BCUT2D eigenvalue weighted by Gasteiger charge is -2.09. The molecule has 0 spiro atoms. The van der Waals surface area contributed by atoms with Crippen molar-refractivity contribution in [1.29, 1.82) is 0 Å². The monoisotopic (exact) mass is 350 g/mol. The molecule has 0 unspecified atom stereocenters. The zero-order chi connectivity index (χ0) is 14.8. The first-order chi connectivity index (χ1) is 9.33. The highest BCUT2D eigenvalue weighted by Crippen LogP contribution is 2.27. The second-order valence-corrected chi connectivity index (χ2v) is 8.08. The summed E-state index contributed by atoms with van der Waals surface area (Å²) >= 11 is 13.4. The lowest BCUT2D eigenvalue weighted by Crippen LogP contribution is -2.10. The third kappa shape index (κ3) is 4.56. The molecule has 0 amide bonds. The van der Waals surface area contributed by atoms with Gasteiger partial charge in [-0.05, 0) is 30.3 Å². The van der Waals surface area contributed by atoms with Gasteiger partial charge in [-0.1, -0.05) is 23.2 Å². The van der Waals surface area contributed by atoms with E-state index in [2.05, 4.69) is 10.0 Å². The van der Waals surface area contributed by atoms with Crippen molar-refractivity contribution in [2.24, 2.45) is 0 Å². The minimum atomic E-state index is -3.33. The van der Waals surface area contributed by atoms with Crippen LogP contribution in [0.4, 0.5) is 11.4 Å². The summed E-state index contributed by atoms with van der Waals surface area (Å²) in [6.07, 6.45) is 1.08. The molecule has 2 rings (SSSR count). The molecule has 0 aliphatic heterocycles. The van der Waals surface area contributed by atoms with E-state index in [1.54, 1.807) is 18.2 Å². The molecule has 0 radical (unpaired) electrons. The molecule has 4 nitrogen and oxygen atoms in total. The molecule has 0 atom stereocenters. The fourth-order valence-electron chi connectivity index (χ4n) is 1.54. The van der Waals surface area contributed by atoms with Crippen LogP contribution in [0, 0.1) is 0 Å². The molecule has 108 valence electrons. The molecule has 1 aromatic carbocycles. The topological polar surface area (TPSA) is 58.2 Å². The van der Waals surface area contributed by atoms with Crippen LogP contribution in [0.15, 0.2) is 30.3 Å². The van der Waals surface area contributed by atoms with Crippen LogP contribution in [0.3, 0.4) is 0 Å². The molecule has 2 aromatic rings. The highest BCUT2D eigenvalue weighted by Gasteiger charge is 2.07. The molecule has 0 saturated carbocycles. The Morgan fingerprint density at radius 2 is 1.95 bits per heavy atom. The SMILES string of the molecule is CS(=O)(=O)Nc1ccc(NCc2ccc(Cl)s2)cc1Cl. The number of sulfonamides is 1. The van der Waals surface area contributed by atoms with E-state index >= 15 is 0 Å². The maximum Gasteiger partial charge on any atom is 0.229 e. The van der Waals surface area contributed by atoms with Gasteiger partial charge in [-0.25, -0.2) is 8.42 Å². The minimum absolute atomic E-state index is 0.338. The van der Waals surface area contributed by atoms with Crippen LogP contribution in [-0.4, -0.2) is 14.7 Å². The molecular weight excluding hydrogens is 339 g/mol. The molecule has 0 bridgehead atoms. The van der Waals surface area contributed by atoms with E-state index in [9.17, 15) is 8.42 Å². The van der Waals surface area contributed by atoms with Gasteiger partial charge in [0.1, 0.15) is 0 Å². The molecule has 0 saturated heterocycles. The fourth-order valence-corrected chi connectivity index (χ4v) is 3.43. The fraction of sp³-hybridized carbons (Fsp3) is 0.167. The average molecular weight is 351 g/mol. The molecule has 1 heterocycles. The van der Waals surface area contributed by atoms with Crippen molar-refractivity contribution in [3.8, 4) is 0 Å². The van der Waals surface area contributed by atoms with Gasteiger partial charge in [0.2, 0.25) is 10.0 Å². The first-order valence-corrected chi connectivity index (χ1v) is 9.05. The minimum Gasteiger partial charge on any atom is -0.380 e. The second kappa shape index (κ2) is 6.22. The Morgan fingerprint density at radius 1 is 1.20 bits per heavy atom. The molecule has 0 aliphatic rings. The van der Waals surface area contributed by atoms with Crippen LogP contribution >= 0.6 is 34.5 Å². The van der Waals surface area contributed by atoms with Gasteiger partial charge in [-0.3, -0.25) is 4.72 Å². The maximum atomic E-state index is 11.2. The Morgan fingerprint density at radius 3 is 2.50 bits per heavy atom. The number of hydrogen-bond donors (Lipinski definition) is 2. The zero-order valence-corrected chi connectivity index (χ0v) is 13.6. The van der Waals surface area contributed by atoms with Crippen LogP contribution in [0.25, 0.3) is 0 Å². The van der Waals surface area contributed by atoms with Gasteiger partial charge in [0.15, 0.2) is 0 Å². The van der Waals surface area contributed by atoms with Crippen molar-refractivity contribution in [1.82, 2.24) is 0 Å². The average Bonchev–Trinajstić information content (AvgIpc) is 2.74. The Kier molecular flexibility index (Phi) is 4.80. The van der Waals surface area contributed by atoms with E-state index < -0.39 is 10.0 Å². The van der Waals surface area contributed by atoms with Crippen molar-refractivity contribution in [3.63, 3.8) is 0 Å². The summed E-state index contributed by atoms with van der Waals surface area (Å²) in [6.45, 7) is 0.632. The van der Waals surface area contributed by atoms with E-state index in [1.165, 1.54) is 11.3 Å². The number of rotatable bonds is 5. The summed E-state index contributed by atoms with van der Waals surface area (Å²) in [7, 11) is -3.33. The number of nitrogens with one attached hydrogen (secondary N) is 2. The smallest absolute Gasteiger partial charge is 0.229 e. The predicted molar refractivity (Wildman–Crippen MR) is 86.6 cm³/mol. The van der Waals surface area contributed by atoms with E-state index in [0.29, 0.717) is 17.3 Å². The lowest BCUT2D eigenvalue weighted by molar-refractivity contribution is 0.607. The van der Waals surface area contributed by atoms with E-state index in [4.69, 9.17) is 23.2 Å². The molecular formula is C12H12Cl2N2O2S2. The summed E-state index contributed by atoms with van der Waals surface area (Å²) in [5.74, 6) is 0. The number of hydrogen-bond acceptors (Lipinski definition) is 4. The quantitative estimate of drug-likeness (QED) is 0.855. The van der Waals surface area contributed by atoms with Crippen LogP contribution in [0.5, 0.6) is 0 Å². The third-order valence-electron chi connectivity index (χ3n) is 2.36. The van der Waals surface area contributed by atoms with Gasteiger partial charge in [-0.15, -0.1) is 11.3 Å². The predicted octanol–water partition coefficient (Wildman–Crippen LogP) is 4.04. The number of anilines is 2. The van der Waals surface area contributed by atoms with Crippen LogP contribution in [-0.2, 0) is 16.6 Å². The lowest BCUT2D eigenvalue weighted by atomic mass is 10.3. The van der Waals surface area contributed by atoms with Gasteiger partial charge >= 0.3 is 0 Å². The second-order valence-electron chi connectivity index (χ2n) is 4.13. The largest absolute Gasteiger partial charge is 0.380 e. The first-order valence-electron chi connectivity index (χ1n) is 5.59. The molecule has 20 heavy (non-hydrogen) atoms. The molecule has 2 N–H and O–H groups in total. The highest BCUT2D eigenvalue weighted by molar-refractivity contribution is 7.92. The Balaban J connectivity index is 2.05. The standard InChI is InChI=1S/C12H12Cl2N2O2S2/c1-20(17,18)16-11-4-2-8(6-10(11)13)15-7-9-3-5-12(14)19-9/h2-6,15-16H,7H2,1H3. The summed E-state index contributed by atoms with van der Waals surface area (Å²) in [5, 5.41) is 3.53. The summed E-state index contributed by atoms with van der Waals surface area (Å²) in [5.41, 5.74) is 1.16. The van der Waals surface area contributed by atoms with E-state index in [1.807, 2.05) is 12.1 Å². The van der Waals surface area contributed by atoms with Crippen LogP contribution < -0.4 is 10.0 Å². The zero-order valence-electron chi connectivity index (χ0n) is 10.5. The number of thiophene rings is 1. The summed E-state index contributed by atoms with van der Waals surface area (Å²) in [6, 6.07) is 8.84. The van der Waals surface area contributed by atoms with Crippen molar-refractivity contribution >= 4 is 55.9 Å². The van der Waals surface area contributed by atoms with Crippen molar-refractivity contribution in [2.75, 3.05) is 16.3 Å². The molecule has 0 aliphatic carbocycles. The van der Waals surface area contributed by atoms with E-state index in [0.717, 1.165) is 21.2 Å². The Labute approximate surface area is 131 Å². The first kappa shape index (κ1) is 15.4. The summed E-state index contributed by atoms with van der Waals surface area (Å²) < 4.78 is 25.4. The van der Waals surface area contributed by atoms with Gasteiger partial charge in [0, 0.05) is 17.1 Å². The number of halogens is 2. The molecule has 8 heteroatoms. The van der Waals surface area contributed by atoms with Gasteiger partial charge < -0.3 is 5.32 Å². The van der Waals surface area contributed by atoms with Crippen molar-refractivity contribution < 1.29 is 8.42 Å². The summed E-state index contributed by atoms with van der Waals surface area (Å²) in [4.78, 5) is 1.10. The van der Waals surface area contributed by atoms with E-state index in [-0.39, 0.29) is 0 Å². The highest BCUT2D eigenvalue weighted by atomic mass is 35.5. The van der Waals surface area contributed by atoms with Gasteiger partial charge in [0.05, 0.1) is 21.3 Å². The molecule has 0 fully saturated rings. The number of benzene rings is 1. The van der Waals surface area contributed by atoms with Crippen LogP contribution in [0.2, 0.25) is 9.36 Å². The van der Waals surface area contributed by atoms with Crippen molar-refractivity contribution in [2.45, 2.75) is 6.54 Å². The third-order valence-corrected chi connectivity index (χ3v) is 4.49. The van der Waals surface area contributed by atoms with Crippen LogP contribution in [0.1, 0.15) is 4.88 Å². The Hall–Kier alpha value is -0.950. The van der Waals surface area contributed by atoms with Gasteiger partial charge in [-0.2, -0.15) is 0 Å². The Bertz CT molecular complexity index is 714.